The summed E-state index contributed by atoms with van der Waals surface area (Å²) >= 11 is 13.6. The van der Waals surface area contributed by atoms with Gasteiger partial charge in [0.25, 0.3) is 0 Å². The Morgan fingerprint density at radius 3 is 2.33 bits per heavy atom. The van der Waals surface area contributed by atoms with E-state index in [1.807, 2.05) is 87.6 Å². The molecular weight excluding hydrogens is 755 g/mol. The molecule has 3 aliphatic rings. The number of carbonyl (C=O) groups is 1. The third-order valence-corrected chi connectivity index (χ3v) is 13.0. The van der Waals surface area contributed by atoms with E-state index in [1.54, 1.807) is 0 Å². The number of rotatable bonds is 11. The van der Waals surface area contributed by atoms with E-state index in [2.05, 4.69) is 40.1 Å². The SMILES string of the molecule is C=C(O)c1ccc2c(c1)c(N1CCN3c4c(ccc(Cl)c4-c4c(C)nn(C)c4C)C(CCCOc4cc(C)c(Cl)c(C)c4)C3C1=O)cn2CCN1CCCC1.CC. The lowest BCUT2D eigenvalue weighted by molar-refractivity contribution is -0.121. The number of aromatic nitrogens is 3. The van der Waals surface area contributed by atoms with Crippen molar-refractivity contribution >= 4 is 57.1 Å². The number of nitrogens with zero attached hydrogens (tertiary/aromatic N) is 6. The summed E-state index contributed by atoms with van der Waals surface area (Å²) in [4.78, 5) is 22.1. The molecule has 5 aromatic rings. The van der Waals surface area contributed by atoms with Gasteiger partial charge in [0.05, 0.1) is 34.2 Å². The fraction of sp³-hybridized carbons (Fsp3) is 0.435. The highest BCUT2D eigenvalue weighted by Gasteiger charge is 2.49. The van der Waals surface area contributed by atoms with Crippen molar-refractivity contribution < 1.29 is 14.6 Å². The Morgan fingerprint density at radius 2 is 1.67 bits per heavy atom. The maximum Gasteiger partial charge on any atom is 0.250 e. The topological polar surface area (TPSA) is 79.0 Å². The summed E-state index contributed by atoms with van der Waals surface area (Å²) in [6.07, 6.45) is 6.12. The second kappa shape index (κ2) is 16.8. The van der Waals surface area contributed by atoms with Crippen molar-refractivity contribution in [2.45, 2.75) is 85.7 Å². The molecule has 2 aromatic heterocycles. The smallest absolute Gasteiger partial charge is 0.250 e. The molecule has 2 unspecified atom stereocenters. The van der Waals surface area contributed by atoms with Gasteiger partial charge in [-0.2, -0.15) is 5.10 Å². The van der Waals surface area contributed by atoms with E-state index in [9.17, 15) is 5.11 Å². The van der Waals surface area contributed by atoms with Gasteiger partial charge in [0.2, 0.25) is 5.91 Å². The van der Waals surface area contributed by atoms with Crippen LogP contribution in [0.15, 0.2) is 55.2 Å². The highest BCUT2D eigenvalue weighted by Crippen LogP contribution is 2.53. The summed E-state index contributed by atoms with van der Waals surface area (Å²) in [6, 6.07) is 13.6. The van der Waals surface area contributed by atoms with Crippen molar-refractivity contribution in [1.82, 2.24) is 19.2 Å². The molecule has 0 bridgehead atoms. The van der Waals surface area contributed by atoms with Gasteiger partial charge in [-0.25, -0.2) is 0 Å². The van der Waals surface area contributed by atoms with Crippen LogP contribution < -0.4 is 14.5 Å². The number of likely N-dealkylation sites (tertiary alicyclic amines) is 1. The Balaban J connectivity index is 0.00000244. The zero-order valence-corrected chi connectivity index (χ0v) is 36.0. The number of hydrogen-bond donors (Lipinski definition) is 1. The number of anilines is 2. The number of aryl methyl sites for hydroxylation is 4. The van der Waals surface area contributed by atoms with Gasteiger partial charge in [-0.15, -0.1) is 0 Å². The minimum atomic E-state index is -0.433. The molecule has 0 saturated carbocycles. The second-order valence-electron chi connectivity index (χ2n) is 15.6. The van der Waals surface area contributed by atoms with Crippen LogP contribution in [-0.2, 0) is 18.4 Å². The van der Waals surface area contributed by atoms with Crippen LogP contribution in [0.2, 0.25) is 10.0 Å². The summed E-state index contributed by atoms with van der Waals surface area (Å²) in [5.74, 6) is 0.783. The minimum Gasteiger partial charge on any atom is -0.508 e. The number of piperazine rings is 1. The third-order valence-electron chi connectivity index (χ3n) is 12.1. The third kappa shape index (κ3) is 7.54. The van der Waals surface area contributed by atoms with Gasteiger partial charge in [-0.05, 0) is 120 Å². The Labute approximate surface area is 347 Å². The zero-order chi connectivity index (χ0) is 40.7. The van der Waals surface area contributed by atoms with Gasteiger partial charge in [0, 0.05) is 78.1 Å². The Morgan fingerprint density at radius 1 is 0.947 bits per heavy atom. The standard InChI is InChI=1S/C44H50Cl2N6O3.C2H6/c1-26-22-32(23-27(2)41(26)46)55-21-9-10-33-34-12-13-36(45)40(39-28(3)47-48(6)29(39)4)42(34)52-20-19-51(44(54)43(33)52)38-25-50(18-17-49-15-7-8-16-49)37-14-11-31(30(5)53)24-35(37)38;1-2/h11-14,22-25,33,43,53H,5,7-10,15-21H2,1-4,6H3;1-2H3. The predicted octanol–water partition coefficient (Wildman–Crippen LogP) is 10.4. The van der Waals surface area contributed by atoms with E-state index in [0.717, 1.165) is 111 Å². The van der Waals surface area contributed by atoms with Gasteiger partial charge in [0.1, 0.15) is 17.6 Å². The van der Waals surface area contributed by atoms with E-state index in [1.165, 1.54) is 12.8 Å². The number of fused-ring (bicyclic) bond motifs is 4. The average Bonchev–Trinajstić information content (AvgIpc) is 3.97. The van der Waals surface area contributed by atoms with E-state index in [4.69, 9.17) is 33.0 Å². The molecule has 2 saturated heterocycles. The van der Waals surface area contributed by atoms with Crippen molar-refractivity contribution in [2.75, 3.05) is 49.1 Å². The van der Waals surface area contributed by atoms with E-state index >= 15 is 4.79 Å². The first-order chi connectivity index (χ1) is 27.4. The van der Waals surface area contributed by atoms with Gasteiger partial charge >= 0.3 is 0 Å². The van der Waals surface area contributed by atoms with Gasteiger partial charge in [-0.3, -0.25) is 9.48 Å². The highest BCUT2D eigenvalue weighted by molar-refractivity contribution is 6.34. The molecule has 3 aromatic carbocycles. The lowest BCUT2D eigenvalue weighted by Gasteiger charge is -2.40. The van der Waals surface area contributed by atoms with Crippen LogP contribution in [0.25, 0.3) is 27.8 Å². The minimum absolute atomic E-state index is 0.0108. The summed E-state index contributed by atoms with van der Waals surface area (Å²) in [7, 11) is 1.96. The molecule has 0 radical (unpaired) electrons. The normalized spacial score (nSPS) is 17.9. The maximum atomic E-state index is 15.3. The van der Waals surface area contributed by atoms with Crippen molar-refractivity contribution in [2.24, 2.45) is 7.05 Å². The van der Waals surface area contributed by atoms with Crippen LogP contribution in [0.5, 0.6) is 5.75 Å². The molecule has 2 atom stereocenters. The molecule has 0 spiro atoms. The summed E-state index contributed by atoms with van der Waals surface area (Å²) < 4.78 is 10.5. The van der Waals surface area contributed by atoms with E-state index in [-0.39, 0.29) is 17.6 Å². The summed E-state index contributed by atoms with van der Waals surface area (Å²) in [5.41, 5.74) is 10.6. The molecule has 302 valence electrons. The fourth-order valence-electron chi connectivity index (χ4n) is 9.27. The van der Waals surface area contributed by atoms with E-state index in [0.29, 0.717) is 30.3 Å². The van der Waals surface area contributed by atoms with Crippen LogP contribution in [0.4, 0.5) is 11.4 Å². The van der Waals surface area contributed by atoms with Crippen molar-refractivity contribution in [1.29, 1.82) is 0 Å². The van der Waals surface area contributed by atoms with E-state index < -0.39 is 6.04 Å². The molecular formula is C46H56Cl2N6O3. The predicted molar refractivity (Wildman–Crippen MR) is 236 cm³/mol. The first kappa shape index (κ1) is 40.7. The Hall–Kier alpha value is -4.44. The molecule has 11 heteroatoms. The molecule has 57 heavy (non-hydrogen) atoms. The monoisotopic (exact) mass is 810 g/mol. The molecule has 3 aliphatic heterocycles. The van der Waals surface area contributed by atoms with Crippen molar-refractivity contribution in [3.05, 3.63) is 98.9 Å². The van der Waals surface area contributed by atoms with Crippen LogP contribution >= 0.6 is 23.2 Å². The molecule has 9 nitrogen and oxygen atoms in total. The van der Waals surface area contributed by atoms with Gasteiger partial charge < -0.3 is 29.1 Å². The van der Waals surface area contributed by atoms with Crippen molar-refractivity contribution in [3.8, 4) is 16.9 Å². The second-order valence-corrected chi connectivity index (χ2v) is 16.3. The Bertz CT molecular complexity index is 2300. The van der Waals surface area contributed by atoms with Crippen LogP contribution in [0.3, 0.4) is 0 Å². The summed E-state index contributed by atoms with van der Waals surface area (Å²) in [6.45, 7) is 21.6. The highest BCUT2D eigenvalue weighted by atomic mass is 35.5. The summed E-state index contributed by atoms with van der Waals surface area (Å²) in [5, 5.41) is 17.5. The molecule has 5 heterocycles. The Kier molecular flexibility index (Phi) is 12.0. The quantitative estimate of drug-likeness (QED) is 0.106. The number of ether oxygens (including phenoxy) is 1. The first-order valence-electron chi connectivity index (χ1n) is 20.5. The van der Waals surface area contributed by atoms with Gasteiger partial charge in [-0.1, -0.05) is 49.7 Å². The number of carbonyl (C=O) groups excluding carboxylic acids is 1. The number of hydrogen-bond acceptors (Lipinski definition) is 6. The average molecular weight is 812 g/mol. The number of benzene rings is 3. The zero-order valence-electron chi connectivity index (χ0n) is 34.5. The fourth-order valence-corrected chi connectivity index (χ4v) is 9.63. The van der Waals surface area contributed by atoms with Crippen LogP contribution in [0, 0.1) is 27.7 Å². The number of halogens is 2. The molecule has 2 fully saturated rings. The molecule has 1 amide bonds. The van der Waals surface area contributed by atoms with Crippen LogP contribution in [0.1, 0.15) is 79.1 Å². The molecule has 1 N–H and O–H groups in total. The van der Waals surface area contributed by atoms with Crippen molar-refractivity contribution in [3.63, 3.8) is 0 Å². The van der Waals surface area contributed by atoms with Gasteiger partial charge in [0.15, 0.2) is 0 Å². The lowest BCUT2D eigenvalue weighted by atomic mass is 9.87. The lowest BCUT2D eigenvalue weighted by Crippen LogP contribution is -2.57. The number of amides is 1. The molecule has 0 aliphatic carbocycles. The van der Waals surface area contributed by atoms with Crippen LogP contribution in [-0.4, -0.2) is 75.6 Å². The number of aliphatic hydroxyl groups is 1. The number of aliphatic hydroxyl groups excluding tert-OH is 1. The maximum absolute atomic E-state index is 15.3. The molecule has 8 rings (SSSR count). The first-order valence-corrected chi connectivity index (χ1v) is 21.2. The largest absolute Gasteiger partial charge is 0.508 e.